The van der Waals surface area contributed by atoms with Crippen molar-refractivity contribution in [2.45, 2.75) is 159 Å². The number of aryl methyl sites for hydroxylation is 2. The Hall–Kier alpha value is -2.33. The van der Waals surface area contributed by atoms with Gasteiger partial charge in [-0.05, 0) is 108 Å². The number of hydrogen-bond donors (Lipinski definition) is 0. The molecule has 2 atom stereocenters. The van der Waals surface area contributed by atoms with Crippen LogP contribution in [0.2, 0.25) is 0 Å². The zero-order valence-corrected chi connectivity index (χ0v) is 33.2. The highest BCUT2D eigenvalue weighted by molar-refractivity contribution is 5.73. The summed E-state index contributed by atoms with van der Waals surface area (Å²) in [7, 11) is 0. The number of likely N-dealkylation sites (tertiary alicyclic amines) is 2. The molecular formula is C43H77N3O. The predicted molar refractivity (Wildman–Crippen MR) is 211 cm³/mol. The van der Waals surface area contributed by atoms with E-state index in [1.165, 1.54) is 106 Å². The summed E-state index contributed by atoms with van der Waals surface area (Å²) in [5.74, 6) is 1.04. The van der Waals surface area contributed by atoms with E-state index in [4.69, 9.17) is 0 Å². The molecule has 3 aliphatic rings. The Labute approximate surface area is 293 Å². The molecule has 0 spiro atoms. The molecule has 5 rings (SSSR count). The minimum atomic E-state index is 0.229. The Balaban J connectivity index is 0.000000702. The third-order valence-electron chi connectivity index (χ3n) is 9.10. The Morgan fingerprint density at radius 2 is 1.30 bits per heavy atom. The lowest BCUT2D eigenvalue weighted by atomic mass is 9.88. The van der Waals surface area contributed by atoms with Gasteiger partial charge in [-0.25, -0.2) is 0 Å². The second kappa shape index (κ2) is 27.6. The van der Waals surface area contributed by atoms with Crippen LogP contribution in [0.15, 0.2) is 48.5 Å². The zero-order valence-electron chi connectivity index (χ0n) is 33.2. The van der Waals surface area contributed by atoms with Gasteiger partial charge < -0.3 is 14.7 Å². The molecule has 0 N–H and O–H groups in total. The highest BCUT2D eigenvalue weighted by Crippen LogP contribution is 2.39. The molecule has 0 aliphatic carbocycles. The molecule has 3 fully saturated rings. The molecule has 0 bridgehead atoms. The number of anilines is 1. The number of carbonyl (C=O) groups excluding carboxylic acids is 1. The maximum atomic E-state index is 10.8. The molecule has 1 amide bonds. The van der Waals surface area contributed by atoms with Crippen molar-refractivity contribution in [2.75, 3.05) is 37.6 Å². The van der Waals surface area contributed by atoms with E-state index in [0.717, 1.165) is 19.0 Å². The summed E-state index contributed by atoms with van der Waals surface area (Å²) < 4.78 is 0. The van der Waals surface area contributed by atoms with E-state index in [0.29, 0.717) is 12.1 Å². The molecule has 3 heterocycles. The number of benzene rings is 2. The number of rotatable bonds is 4. The Morgan fingerprint density at radius 1 is 0.723 bits per heavy atom. The molecule has 270 valence electrons. The standard InChI is InChI=1S/C21H27N.C8H15NO.C7H15N.C3H8.2C2H6/c1-4-19-9-6-10-21(18-8-5-7-17(3)15-18)22(19)20-13-11-16(2)12-14-20;1-7-3-5-9(6-4-7)8(2)10;1-2-8-6-4-3-5-7-8;1-3-2;2*1-2/h5,7-8,11-15,19,21H,4,6,9-10H2,1-3H3;7H,3-6H2,1-2H3;2-7H2,1H3;3H2,1-2H3;2*1-2H3/t19-,21-;;;;;/m0...../s1. The normalized spacial score (nSPS) is 19.4. The van der Waals surface area contributed by atoms with Gasteiger partial charge in [0.15, 0.2) is 0 Å². The van der Waals surface area contributed by atoms with Crippen molar-refractivity contribution < 1.29 is 4.79 Å². The monoisotopic (exact) mass is 652 g/mol. The predicted octanol–water partition coefficient (Wildman–Crippen LogP) is 12.0. The quantitative estimate of drug-likeness (QED) is 0.329. The van der Waals surface area contributed by atoms with Crippen molar-refractivity contribution in [2.24, 2.45) is 5.92 Å². The van der Waals surface area contributed by atoms with Crippen LogP contribution in [0.1, 0.15) is 156 Å². The van der Waals surface area contributed by atoms with E-state index in [-0.39, 0.29) is 5.91 Å². The number of amides is 1. The summed E-state index contributed by atoms with van der Waals surface area (Å²) in [6, 6.07) is 19.3. The molecule has 0 aromatic heterocycles. The molecule has 3 saturated heterocycles. The summed E-state index contributed by atoms with van der Waals surface area (Å²) in [6.07, 6.45) is 13.0. The van der Waals surface area contributed by atoms with Gasteiger partial charge in [0.05, 0.1) is 6.04 Å². The van der Waals surface area contributed by atoms with Crippen LogP contribution in [0, 0.1) is 19.8 Å². The third-order valence-corrected chi connectivity index (χ3v) is 9.10. The first kappa shape index (κ1) is 44.7. The molecule has 0 radical (unpaired) electrons. The first-order valence-electron chi connectivity index (χ1n) is 19.6. The molecule has 2 aromatic rings. The van der Waals surface area contributed by atoms with Crippen LogP contribution in [-0.4, -0.2) is 54.5 Å². The van der Waals surface area contributed by atoms with E-state index in [9.17, 15) is 4.79 Å². The van der Waals surface area contributed by atoms with Gasteiger partial charge >= 0.3 is 0 Å². The average Bonchev–Trinajstić information content (AvgIpc) is 3.11. The molecule has 47 heavy (non-hydrogen) atoms. The van der Waals surface area contributed by atoms with Crippen LogP contribution in [0.4, 0.5) is 5.69 Å². The van der Waals surface area contributed by atoms with Crippen LogP contribution in [0.5, 0.6) is 0 Å². The van der Waals surface area contributed by atoms with Gasteiger partial charge in [-0.1, -0.05) is 123 Å². The number of hydrogen-bond acceptors (Lipinski definition) is 3. The van der Waals surface area contributed by atoms with Gasteiger partial charge in [-0.3, -0.25) is 4.79 Å². The summed E-state index contributed by atoms with van der Waals surface area (Å²) >= 11 is 0. The van der Waals surface area contributed by atoms with Crippen LogP contribution < -0.4 is 4.90 Å². The summed E-state index contributed by atoms with van der Waals surface area (Å²) in [5, 5.41) is 0. The van der Waals surface area contributed by atoms with Crippen LogP contribution in [-0.2, 0) is 4.79 Å². The molecule has 4 heteroatoms. The maximum absolute atomic E-state index is 10.8. The first-order chi connectivity index (χ1) is 22.7. The smallest absolute Gasteiger partial charge is 0.219 e. The van der Waals surface area contributed by atoms with Crippen LogP contribution in [0.25, 0.3) is 0 Å². The van der Waals surface area contributed by atoms with Crippen LogP contribution >= 0.6 is 0 Å². The maximum Gasteiger partial charge on any atom is 0.219 e. The summed E-state index contributed by atoms with van der Waals surface area (Å²) in [4.78, 5) is 18.0. The van der Waals surface area contributed by atoms with Gasteiger partial charge in [-0.2, -0.15) is 0 Å². The lowest BCUT2D eigenvalue weighted by molar-refractivity contribution is -0.130. The van der Waals surface area contributed by atoms with Gasteiger partial charge in [0, 0.05) is 31.7 Å². The highest BCUT2D eigenvalue weighted by Gasteiger charge is 2.30. The fraction of sp³-hybridized carbons (Fsp3) is 0.698. The number of piperidine rings is 3. The van der Waals surface area contributed by atoms with E-state index in [1.54, 1.807) is 6.92 Å². The van der Waals surface area contributed by atoms with Crippen molar-refractivity contribution in [3.05, 3.63) is 65.2 Å². The largest absolute Gasteiger partial charge is 0.362 e. The molecule has 3 aliphatic heterocycles. The minimum absolute atomic E-state index is 0.229. The zero-order chi connectivity index (χ0) is 35.6. The number of carbonyl (C=O) groups is 1. The third kappa shape index (κ3) is 17.6. The lowest BCUT2D eigenvalue weighted by Gasteiger charge is -2.44. The summed E-state index contributed by atoms with van der Waals surface area (Å²) in [6.45, 7) is 30.9. The van der Waals surface area contributed by atoms with Crippen molar-refractivity contribution in [1.82, 2.24) is 9.80 Å². The Morgan fingerprint density at radius 3 is 1.77 bits per heavy atom. The van der Waals surface area contributed by atoms with Crippen LogP contribution in [0.3, 0.4) is 0 Å². The average molecular weight is 652 g/mol. The molecule has 2 aromatic carbocycles. The van der Waals surface area contributed by atoms with Crippen molar-refractivity contribution in [3.63, 3.8) is 0 Å². The first-order valence-corrected chi connectivity index (χ1v) is 19.6. The van der Waals surface area contributed by atoms with Gasteiger partial charge in [0.1, 0.15) is 0 Å². The molecule has 0 unspecified atom stereocenters. The van der Waals surface area contributed by atoms with E-state index >= 15 is 0 Å². The van der Waals surface area contributed by atoms with Crippen molar-refractivity contribution >= 4 is 11.6 Å². The van der Waals surface area contributed by atoms with E-state index in [1.807, 2.05) is 32.6 Å². The second-order valence-corrected chi connectivity index (χ2v) is 13.1. The fourth-order valence-electron chi connectivity index (χ4n) is 6.39. The highest BCUT2D eigenvalue weighted by atomic mass is 16.2. The van der Waals surface area contributed by atoms with E-state index < -0.39 is 0 Å². The van der Waals surface area contributed by atoms with Gasteiger partial charge in [-0.15, -0.1) is 0 Å². The van der Waals surface area contributed by atoms with E-state index in [2.05, 4.69) is 107 Å². The molecule has 0 saturated carbocycles. The second-order valence-electron chi connectivity index (χ2n) is 13.1. The van der Waals surface area contributed by atoms with Gasteiger partial charge in [0.2, 0.25) is 5.91 Å². The fourth-order valence-corrected chi connectivity index (χ4v) is 6.39. The lowest BCUT2D eigenvalue weighted by Crippen LogP contribution is -2.41. The topological polar surface area (TPSA) is 26.8 Å². The minimum Gasteiger partial charge on any atom is -0.362 e. The Bertz CT molecular complexity index is 1010. The number of nitrogens with zero attached hydrogens (tertiary/aromatic N) is 3. The Kier molecular flexibility index (Phi) is 26.2. The summed E-state index contributed by atoms with van der Waals surface area (Å²) in [5.41, 5.74) is 5.54. The molecular weight excluding hydrogens is 574 g/mol. The van der Waals surface area contributed by atoms with Crippen molar-refractivity contribution in [1.29, 1.82) is 0 Å². The SMILES string of the molecule is CC.CC.CC(=O)N1CCC(C)CC1.CCC.CCN1CCCCC1.CC[C@H]1CCC[C@@H](c2cccc(C)c2)N1c1ccc(C)cc1. The van der Waals surface area contributed by atoms with Gasteiger partial charge in [0.25, 0.3) is 0 Å². The molecule has 4 nitrogen and oxygen atoms in total. The van der Waals surface area contributed by atoms with Crippen molar-refractivity contribution in [3.8, 4) is 0 Å².